The van der Waals surface area contributed by atoms with Crippen LogP contribution >= 0.6 is 15.9 Å². The predicted molar refractivity (Wildman–Crippen MR) is 74.3 cm³/mol. The third-order valence-electron chi connectivity index (χ3n) is 3.79. The van der Waals surface area contributed by atoms with E-state index in [1.165, 1.54) is 11.1 Å². The van der Waals surface area contributed by atoms with E-state index in [4.69, 9.17) is 0 Å². The van der Waals surface area contributed by atoms with E-state index in [1.807, 2.05) is 0 Å². The Bertz CT molecular complexity index is 374. The van der Waals surface area contributed by atoms with Crippen molar-refractivity contribution in [2.24, 2.45) is 5.92 Å². The van der Waals surface area contributed by atoms with Crippen LogP contribution in [0.25, 0.3) is 0 Å². The molecule has 2 N–H and O–H groups in total. The van der Waals surface area contributed by atoms with Crippen LogP contribution in [-0.4, -0.2) is 24.8 Å². The van der Waals surface area contributed by atoms with Gasteiger partial charge in [-0.05, 0) is 62.0 Å². The molecule has 0 aromatic heterocycles. The molecule has 1 saturated heterocycles. The zero-order valence-electron chi connectivity index (χ0n) is 10.2. The van der Waals surface area contributed by atoms with Crippen LogP contribution in [0.4, 0.5) is 0 Å². The third-order valence-corrected chi connectivity index (χ3v) is 4.28. The van der Waals surface area contributed by atoms with Crippen LogP contribution in [0, 0.1) is 12.8 Å². The fourth-order valence-electron chi connectivity index (χ4n) is 2.76. The average Bonchev–Trinajstić information content (AvgIpc) is 2.36. The maximum absolute atomic E-state index is 9.71. The summed E-state index contributed by atoms with van der Waals surface area (Å²) in [5.41, 5.74) is 2.58. The summed E-state index contributed by atoms with van der Waals surface area (Å²) in [4.78, 5) is 0. The van der Waals surface area contributed by atoms with Gasteiger partial charge < -0.3 is 10.4 Å². The number of halogens is 1. The van der Waals surface area contributed by atoms with Crippen molar-refractivity contribution in [1.29, 1.82) is 0 Å². The van der Waals surface area contributed by atoms with Crippen molar-refractivity contribution in [3.63, 3.8) is 0 Å². The number of aliphatic hydroxyl groups is 1. The minimum absolute atomic E-state index is 0.252. The second-order valence-electron chi connectivity index (χ2n) is 4.88. The van der Waals surface area contributed by atoms with Gasteiger partial charge in [0, 0.05) is 10.4 Å². The summed E-state index contributed by atoms with van der Waals surface area (Å²) in [5.74, 6) is 0.892. The summed E-state index contributed by atoms with van der Waals surface area (Å²) in [6.45, 7) is 4.54. The third kappa shape index (κ3) is 3.09. The molecule has 1 aliphatic heterocycles. The molecule has 0 bridgehead atoms. The second-order valence-corrected chi connectivity index (χ2v) is 5.79. The molecule has 1 atom stereocenters. The molecule has 17 heavy (non-hydrogen) atoms. The minimum atomic E-state index is 0.252. The van der Waals surface area contributed by atoms with Crippen LogP contribution in [0.15, 0.2) is 22.7 Å². The molecule has 0 saturated carbocycles. The minimum Gasteiger partial charge on any atom is -0.396 e. The molecular formula is C14H20BrNO. The number of aliphatic hydroxyl groups excluding tert-OH is 1. The van der Waals surface area contributed by atoms with Crippen LogP contribution in [0.3, 0.4) is 0 Å². The van der Waals surface area contributed by atoms with E-state index >= 15 is 0 Å². The molecule has 2 nitrogen and oxygen atoms in total. The van der Waals surface area contributed by atoms with Gasteiger partial charge in [0.15, 0.2) is 0 Å². The van der Waals surface area contributed by atoms with Crippen molar-refractivity contribution in [3.05, 3.63) is 33.8 Å². The lowest BCUT2D eigenvalue weighted by molar-refractivity contribution is 0.201. The van der Waals surface area contributed by atoms with E-state index in [1.54, 1.807) is 0 Å². The van der Waals surface area contributed by atoms with Crippen molar-refractivity contribution in [1.82, 2.24) is 5.32 Å². The highest BCUT2D eigenvalue weighted by molar-refractivity contribution is 9.10. The van der Waals surface area contributed by atoms with Crippen LogP contribution < -0.4 is 5.32 Å². The van der Waals surface area contributed by atoms with Crippen LogP contribution in [0.2, 0.25) is 0 Å². The number of benzene rings is 1. The molecule has 1 aromatic rings. The Morgan fingerprint density at radius 3 is 2.76 bits per heavy atom. The molecule has 1 heterocycles. The van der Waals surface area contributed by atoms with Gasteiger partial charge in [-0.2, -0.15) is 0 Å². The second kappa shape index (κ2) is 5.98. The van der Waals surface area contributed by atoms with Gasteiger partial charge >= 0.3 is 0 Å². The summed E-state index contributed by atoms with van der Waals surface area (Å²) in [6, 6.07) is 6.36. The molecule has 94 valence electrons. The van der Waals surface area contributed by atoms with Crippen LogP contribution in [-0.2, 0) is 0 Å². The Morgan fingerprint density at radius 2 is 2.12 bits per heavy atom. The molecule has 2 rings (SSSR count). The lowest BCUT2D eigenvalue weighted by Crippen LogP contribution is -2.32. The van der Waals surface area contributed by atoms with E-state index < -0.39 is 0 Å². The number of nitrogens with one attached hydrogen (secondary N) is 1. The molecule has 1 fully saturated rings. The Kier molecular flexibility index (Phi) is 4.60. The molecule has 0 radical (unpaired) electrons. The number of rotatable bonds is 3. The highest BCUT2D eigenvalue weighted by Gasteiger charge is 2.25. The topological polar surface area (TPSA) is 32.3 Å². The first-order chi connectivity index (χ1) is 8.22. The van der Waals surface area contributed by atoms with Gasteiger partial charge in [0.1, 0.15) is 0 Å². The Hall–Kier alpha value is -0.380. The van der Waals surface area contributed by atoms with Gasteiger partial charge in [0.25, 0.3) is 0 Å². The summed E-state index contributed by atoms with van der Waals surface area (Å²) in [6.07, 6.45) is 2.33. The summed E-state index contributed by atoms with van der Waals surface area (Å²) in [5, 5.41) is 13.1. The SMILES string of the molecule is Cc1ccc(Br)cc1C(CO)C1CCNCC1. The number of aryl methyl sites for hydroxylation is 1. The first-order valence-corrected chi connectivity index (χ1v) is 7.09. The molecule has 0 aliphatic carbocycles. The van der Waals surface area contributed by atoms with Gasteiger partial charge in [-0.25, -0.2) is 0 Å². The van der Waals surface area contributed by atoms with Crippen molar-refractivity contribution in [2.75, 3.05) is 19.7 Å². The maximum atomic E-state index is 9.71. The molecule has 3 heteroatoms. The zero-order chi connectivity index (χ0) is 12.3. The quantitative estimate of drug-likeness (QED) is 0.899. The summed E-state index contributed by atoms with van der Waals surface area (Å²) in [7, 11) is 0. The fraction of sp³-hybridized carbons (Fsp3) is 0.571. The molecule has 1 unspecified atom stereocenters. The predicted octanol–water partition coefficient (Wildman–Crippen LogP) is 2.83. The van der Waals surface area contributed by atoms with Crippen LogP contribution in [0.5, 0.6) is 0 Å². The first-order valence-electron chi connectivity index (χ1n) is 6.30. The van der Waals surface area contributed by atoms with Crippen molar-refractivity contribution in [2.45, 2.75) is 25.7 Å². The van der Waals surface area contributed by atoms with Crippen molar-refractivity contribution in [3.8, 4) is 0 Å². The van der Waals surface area contributed by atoms with Crippen molar-refractivity contribution < 1.29 is 5.11 Å². The molecule has 1 aromatic carbocycles. The maximum Gasteiger partial charge on any atom is 0.0502 e. The standard InChI is InChI=1S/C14H20BrNO/c1-10-2-3-12(15)8-13(10)14(9-17)11-4-6-16-7-5-11/h2-3,8,11,14,16-17H,4-7,9H2,1H3. The number of hydrogen-bond acceptors (Lipinski definition) is 2. The molecule has 1 aliphatic rings. The Balaban J connectivity index is 2.24. The number of hydrogen-bond donors (Lipinski definition) is 2. The summed E-state index contributed by atoms with van der Waals surface area (Å²) >= 11 is 3.52. The Labute approximate surface area is 112 Å². The van der Waals surface area contributed by atoms with E-state index in [0.717, 1.165) is 30.4 Å². The zero-order valence-corrected chi connectivity index (χ0v) is 11.8. The lowest BCUT2D eigenvalue weighted by atomic mass is 9.79. The molecule has 0 amide bonds. The summed E-state index contributed by atoms with van der Waals surface area (Å²) < 4.78 is 1.10. The normalized spacial score (nSPS) is 19.2. The monoisotopic (exact) mass is 297 g/mol. The van der Waals surface area contributed by atoms with E-state index in [0.29, 0.717) is 5.92 Å². The highest BCUT2D eigenvalue weighted by Crippen LogP contribution is 2.33. The van der Waals surface area contributed by atoms with Gasteiger partial charge in [-0.1, -0.05) is 22.0 Å². The number of piperidine rings is 1. The van der Waals surface area contributed by atoms with Gasteiger partial charge in [-0.15, -0.1) is 0 Å². The van der Waals surface area contributed by atoms with E-state index in [-0.39, 0.29) is 12.5 Å². The van der Waals surface area contributed by atoms with E-state index in [9.17, 15) is 5.11 Å². The smallest absolute Gasteiger partial charge is 0.0502 e. The first kappa shape index (κ1) is 13.1. The molecular weight excluding hydrogens is 278 g/mol. The fourth-order valence-corrected chi connectivity index (χ4v) is 3.14. The van der Waals surface area contributed by atoms with E-state index in [2.05, 4.69) is 46.4 Å². The van der Waals surface area contributed by atoms with Gasteiger partial charge in [0.05, 0.1) is 6.61 Å². The van der Waals surface area contributed by atoms with Crippen LogP contribution in [0.1, 0.15) is 29.9 Å². The molecule has 0 spiro atoms. The van der Waals surface area contributed by atoms with Crippen molar-refractivity contribution >= 4 is 15.9 Å². The van der Waals surface area contributed by atoms with Gasteiger partial charge in [-0.3, -0.25) is 0 Å². The van der Waals surface area contributed by atoms with Gasteiger partial charge in [0.2, 0.25) is 0 Å². The Morgan fingerprint density at radius 1 is 1.41 bits per heavy atom. The largest absolute Gasteiger partial charge is 0.396 e. The highest BCUT2D eigenvalue weighted by atomic mass is 79.9. The lowest BCUT2D eigenvalue weighted by Gasteiger charge is -2.30. The average molecular weight is 298 g/mol.